The Balaban J connectivity index is 1.54. The zero-order chi connectivity index (χ0) is 23.4. The highest BCUT2D eigenvalue weighted by molar-refractivity contribution is 6.04. The molecule has 1 aliphatic rings. The molecule has 1 fully saturated rings. The summed E-state index contributed by atoms with van der Waals surface area (Å²) in [5, 5.41) is 16.2. The lowest BCUT2D eigenvalue weighted by Gasteiger charge is -2.30. The van der Waals surface area contributed by atoms with E-state index in [4.69, 9.17) is 9.47 Å². The Morgan fingerprint density at radius 1 is 1.15 bits per heavy atom. The van der Waals surface area contributed by atoms with E-state index in [0.29, 0.717) is 28.8 Å². The Morgan fingerprint density at radius 3 is 2.55 bits per heavy atom. The van der Waals surface area contributed by atoms with Crippen molar-refractivity contribution in [2.45, 2.75) is 19.4 Å². The summed E-state index contributed by atoms with van der Waals surface area (Å²) in [6.07, 6.45) is 3.72. The number of aromatic nitrogens is 3. The monoisotopic (exact) mass is 451 g/mol. The van der Waals surface area contributed by atoms with E-state index in [-0.39, 0.29) is 18.1 Å². The summed E-state index contributed by atoms with van der Waals surface area (Å²) in [6, 6.07) is 9.68. The number of likely N-dealkylation sites (tertiary alicyclic amines) is 1. The summed E-state index contributed by atoms with van der Waals surface area (Å²) in [5.74, 6) is 1.01. The number of aryl methyl sites for hydroxylation is 1. The largest absolute Gasteiger partial charge is 0.488 e. The molecule has 0 spiro atoms. The predicted molar refractivity (Wildman–Crippen MR) is 120 cm³/mol. The first-order chi connectivity index (χ1) is 15.9. The topological polar surface area (TPSA) is 119 Å². The summed E-state index contributed by atoms with van der Waals surface area (Å²) < 4.78 is 13.2. The van der Waals surface area contributed by atoms with Crippen LogP contribution in [0.1, 0.15) is 34.2 Å². The Morgan fingerprint density at radius 2 is 1.94 bits per heavy atom. The predicted octanol–water partition coefficient (Wildman–Crippen LogP) is 2.47. The number of hydrogen-bond donors (Lipinski definition) is 2. The van der Waals surface area contributed by atoms with E-state index in [9.17, 15) is 14.7 Å². The fraction of sp³-hybridized carbons (Fsp3) is 0.304. The van der Waals surface area contributed by atoms with E-state index >= 15 is 0 Å². The SMILES string of the molecule is C[C@@H](CO)Oc1cc(Oc2ccc(C(=O)N3CCC3)nc2)cc(C(=O)Nc2ccn(C)n2)c1. The molecule has 1 atom stereocenters. The van der Waals surface area contributed by atoms with Crippen molar-refractivity contribution in [1.29, 1.82) is 0 Å². The quantitative estimate of drug-likeness (QED) is 0.540. The number of pyridine rings is 1. The van der Waals surface area contributed by atoms with Crippen molar-refractivity contribution >= 4 is 17.6 Å². The number of anilines is 1. The number of rotatable bonds is 8. The minimum absolute atomic E-state index is 0.102. The molecule has 10 heteroatoms. The van der Waals surface area contributed by atoms with E-state index in [1.807, 2.05) is 0 Å². The van der Waals surface area contributed by atoms with Crippen LogP contribution in [0.15, 0.2) is 48.8 Å². The maximum Gasteiger partial charge on any atom is 0.272 e. The number of nitrogens with one attached hydrogen (secondary N) is 1. The minimum atomic E-state index is -0.472. The molecule has 33 heavy (non-hydrogen) atoms. The van der Waals surface area contributed by atoms with Crippen molar-refractivity contribution in [3.05, 3.63) is 60.0 Å². The molecule has 3 aromatic rings. The van der Waals surface area contributed by atoms with Gasteiger partial charge in [0.2, 0.25) is 0 Å². The summed E-state index contributed by atoms with van der Waals surface area (Å²) >= 11 is 0. The van der Waals surface area contributed by atoms with E-state index in [0.717, 1.165) is 19.5 Å². The van der Waals surface area contributed by atoms with Gasteiger partial charge in [0, 0.05) is 44.0 Å². The first-order valence-electron chi connectivity index (χ1n) is 10.6. The molecule has 0 aliphatic carbocycles. The lowest BCUT2D eigenvalue weighted by Crippen LogP contribution is -2.42. The van der Waals surface area contributed by atoms with Crippen LogP contribution in [0, 0.1) is 0 Å². The molecule has 2 aromatic heterocycles. The number of ether oxygens (including phenoxy) is 2. The van der Waals surface area contributed by atoms with Crippen LogP contribution in [0.4, 0.5) is 5.82 Å². The number of carbonyl (C=O) groups is 2. The van der Waals surface area contributed by atoms with Gasteiger partial charge in [-0.3, -0.25) is 14.3 Å². The number of aliphatic hydroxyl groups excluding tert-OH is 1. The molecular weight excluding hydrogens is 426 g/mol. The van der Waals surface area contributed by atoms with Gasteiger partial charge in [0.05, 0.1) is 12.8 Å². The van der Waals surface area contributed by atoms with Crippen LogP contribution in [-0.4, -0.2) is 62.4 Å². The molecule has 1 aromatic carbocycles. The van der Waals surface area contributed by atoms with Gasteiger partial charge in [0.15, 0.2) is 5.82 Å². The molecule has 10 nitrogen and oxygen atoms in total. The van der Waals surface area contributed by atoms with Crippen molar-refractivity contribution in [2.75, 3.05) is 25.0 Å². The summed E-state index contributed by atoms with van der Waals surface area (Å²) in [4.78, 5) is 31.0. The van der Waals surface area contributed by atoms with E-state index in [2.05, 4.69) is 15.4 Å². The molecule has 172 valence electrons. The fourth-order valence-corrected chi connectivity index (χ4v) is 3.15. The number of nitrogens with zero attached hydrogens (tertiary/aromatic N) is 4. The first kappa shape index (κ1) is 22.3. The molecule has 0 bridgehead atoms. The molecule has 0 unspecified atom stereocenters. The van der Waals surface area contributed by atoms with Gasteiger partial charge in [-0.1, -0.05) is 0 Å². The van der Waals surface area contributed by atoms with Crippen molar-refractivity contribution in [3.8, 4) is 17.2 Å². The van der Waals surface area contributed by atoms with Gasteiger partial charge in [-0.15, -0.1) is 0 Å². The highest BCUT2D eigenvalue weighted by atomic mass is 16.5. The Hall–Kier alpha value is -3.92. The normalized spacial score (nSPS) is 13.7. The maximum atomic E-state index is 12.8. The van der Waals surface area contributed by atoms with Crippen LogP contribution in [0.5, 0.6) is 17.2 Å². The molecule has 0 saturated carbocycles. The molecular formula is C23H25N5O5. The van der Waals surface area contributed by atoms with Gasteiger partial charge in [0.1, 0.15) is 29.0 Å². The zero-order valence-corrected chi connectivity index (χ0v) is 18.4. The Kier molecular flexibility index (Phi) is 6.55. The lowest BCUT2D eigenvalue weighted by atomic mass is 10.2. The Labute approximate surface area is 190 Å². The van der Waals surface area contributed by atoms with Crippen molar-refractivity contribution < 1.29 is 24.2 Å². The average molecular weight is 451 g/mol. The smallest absolute Gasteiger partial charge is 0.272 e. The third kappa shape index (κ3) is 5.47. The minimum Gasteiger partial charge on any atom is -0.488 e. The second-order valence-corrected chi connectivity index (χ2v) is 7.76. The summed E-state index contributed by atoms with van der Waals surface area (Å²) in [7, 11) is 1.75. The van der Waals surface area contributed by atoms with E-state index < -0.39 is 12.0 Å². The van der Waals surface area contributed by atoms with Crippen molar-refractivity contribution in [1.82, 2.24) is 19.7 Å². The number of carbonyl (C=O) groups excluding carboxylic acids is 2. The molecule has 2 N–H and O–H groups in total. The Bertz CT molecular complexity index is 1140. The highest BCUT2D eigenvalue weighted by Gasteiger charge is 2.22. The van der Waals surface area contributed by atoms with Crippen LogP contribution in [0.2, 0.25) is 0 Å². The zero-order valence-electron chi connectivity index (χ0n) is 18.4. The first-order valence-corrected chi connectivity index (χ1v) is 10.6. The van der Waals surface area contributed by atoms with E-state index in [1.165, 1.54) is 6.20 Å². The lowest BCUT2D eigenvalue weighted by molar-refractivity contribution is 0.0645. The second-order valence-electron chi connectivity index (χ2n) is 7.76. The van der Waals surface area contributed by atoms with Gasteiger partial charge in [-0.2, -0.15) is 5.10 Å². The molecule has 2 amide bonds. The van der Waals surface area contributed by atoms with Crippen LogP contribution in [0.25, 0.3) is 0 Å². The van der Waals surface area contributed by atoms with Crippen LogP contribution < -0.4 is 14.8 Å². The van der Waals surface area contributed by atoms with Gasteiger partial charge >= 0.3 is 0 Å². The highest BCUT2D eigenvalue weighted by Crippen LogP contribution is 2.28. The summed E-state index contributed by atoms with van der Waals surface area (Å²) in [6.45, 7) is 3.03. The molecule has 4 rings (SSSR count). The number of hydrogen-bond acceptors (Lipinski definition) is 7. The third-order valence-corrected chi connectivity index (χ3v) is 5.03. The van der Waals surface area contributed by atoms with Crippen LogP contribution >= 0.6 is 0 Å². The van der Waals surface area contributed by atoms with Gasteiger partial charge < -0.3 is 24.8 Å². The number of amides is 2. The molecule has 1 saturated heterocycles. The second kappa shape index (κ2) is 9.70. The van der Waals surface area contributed by atoms with Gasteiger partial charge in [-0.05, 0) is 37.6 Å². The van der Waals surface area contributed by atoms with Gasteiger partial charge in [-0.25, -0.2) is 4.98 Å². The van der Waals surface area contributed by atoms with Crippen molar-refractivity contribution in [3.63, 3.8) is 0 Å². The number of aliphatic hydroxyl groups is 1. The maximum absolute atomic E-state index is 12.8. The van der Waals surface area contributed by atoms with Crippen LogP contribution in [-0.2, 0) is 7.05 Å². The fourth-order valence-electron chi connectivity index (χ4n) is 3.15. The molecule has 0 radical (unpaired) electrons. The number of benzene rings is 1. The average Bonchev–Trinajstić information content (AvgIpc) is 3.17. The van der Waals surface area contributed by atoms with E-state index in [1.54, 1.807) is 66.1 Å². The molecule has 3 heterocycles. The third-order valence-electron chi connectivity index (χ3n) is 5.03. The van der Waals surface area contributed by atoms with Gasteiger partial charge in [0.25, 0.3) is 11.8 Å². The standard InChI is InChI=1S/C23H25N5O5/c1-15(14-29)32-18-10-16(22(30)25-21-6-9-27(2)26-21)11-19(12-18)33-17-4-5-20(24-13-17)23(31)28-7-3-8-28/h4-6,9-13,15,29H,3,7-8,14H2,1-2H3,(H,25,26,30)/t15-/m0/s1. The summed E-state index contributed by atoms with van der Waals surface area (Å²) in [5.41, 5.74) is 0.641. The van der Waals surface area contributed by atoms with Crippen LogP contribution in [0.3, 0.4) is 0 Å². The molecule has 1 aliphatic heterocycles. The van der Waals surface area contributed by atoms with Crippen molar-refractivity contribution in [2.24, 2.45) is 7.05 Å².